The number of aliphatic hydroxyl groups is 1. The molecule has 0 saturated carbocycles. The summed E-state index contributed by atoms with van der Waals surface area (Å²) < 4.78 is 3.18. The van der Waals surface area contributed by atoms with Gasteiger partial charge in [0, 0.05) is 14.6 Å². The zero-order chi connectivity index (χ0) is 9.42. The van der Waals surface area contributed by atoms with Crippen molar-refractivity contribution >= 4 is 50.0 Å². The maximum absolute atomic E-state index is 9.10. The number of aliphatic hydroxyl groups excluding tert-OH is 1. The van der Waals surface area contributed by atoms with Crippen LogP contribution in [0.4, 0.5) is 0 Å². The van der Waals surface area contributed by atoms with Gasteiger partial charge in [0.05, 0.1) is 10.8 Å². The summed E-state index contributed by atoms with van der Waals surface area (Å²) in [5.41, 5.74) is 0.953. The molecule has 0 atom stereocenters. The van der Waals surface area contributed by atoms with Crippen molar-refractivity contribution in [1.82, 2.24) is 0 Å². The molecule has 0 aliphatic rings. The fraction of sp³-hybridized carbons (Fsp3) is 0.111. The first-order chi connectivity index (χ1) is 6.22. The van der Waals surface area contributed by atoms with Crippen LogP contribution >= 0.6 is 39.9 Å². The molecule has 1 nitrogen and oxygen atoms in total. The zero-order valence-corrected chi connectivity index (χ0v) is 9.92. The predicted molar refractivity (Wildman–Crippen MR) is 62.7 cm³/mol. The minimum absolute atomic E-state index is 0.0771. The molecule has 1 heterocycles. The molecule has 0 spiro atoms. The van der Waals surface area contributed by atoms with Crippen LogP contribution in [0.5, 0.6) is 0 Å². The Bertz CT molecular complexity index is 450. The lowest BCUT2D eigenvalue weighted by Gasteiger charge is -1.99. The summed E-state index contributed by atoms with van der Waals surface area (Å²) >= 11 is 9.38. The summed E-state index contributed by atoms with van der Waals surface area (Å²) in [7, 11) is 0. The van der Waals surface area contributed by atoms with Crippen molar-refractivity contribution in [3.8, 4) is 0 Å². The fourth-order valence-corrected chi connectivity index (χ4v) is 3.11. The van der Waals surface area contributed by atoms with Gasteiger partial charge in [-0.25, -0.2) is 0 Å². The lowest BCUT2D eigenvalue weighted by atomic mass is 10.1. The molecule has 1 aromatic carbocycles. The average molecular weight is 275 g/mol. The minimum atomic E-state index is 0.0771. The summed E-state index contributed by atoms with van der Waals surface area (Å²) in [6.45, 7) is 0.0771. The monoisotopic (exact) mass is 274 g/mol. The van der Waals surface area contributed by atoms with Gasteiger partial charge in [0.15, 0.2) is 0 Å². The summed E-state index contributed by atoms with van der Waals surface area (Å²) in [4.78, 5) is 0. The highest BCUT2D eigenvalue weighted by Gasteiger charge is 2.06. The van der Waals surface area contributed by atoms with Crippen LogP contribution in [0.15, 0.2) is 26.9 Å². The Labute approximate surface area is 93.9 Å². The van der Waals surface area contributed by atoms with E-state index in [0.717, 1.165) is 24.3 Å². The summed E-state index contributed by atoms with van der Waals surface area (Å²) in [6, 6.07) is 5.86. The van der Waals surface area contributed by atoms with Crippen LogP contribution in [0.25, 0.3) is 10.1 Å². The maximum atomic E-state index is 9.10. The van der Waals surface area contributed by atoms with Crippen LogP contribution < -0.4 is 0 Å². The number of thiol groups is 1. The Morgan fingerprint density at radius 3 is 2.92 bits per heavy atom. The van der Waals surface area contributed by atoms with Crippen molar-refractivity contribution in [2.45, 2.75) is 10.8 Å². The molecular weight excluding hydrogens is 268 g/mol. The second-order valence-corrected chi connectivity index (χ2v) is 5.38. The Hall–Kier alpha value is -0.0300. The molecule has 0 radical (unpaired) electrons. The minimum Gasteiger partial charge on any atom is -0.392 e. The van der Waals surface area contributed by atoms with Crippen LogP contribution in [0.1, 0.15) is 5.56 Å². The van der Waals surface area contributed by atoms with E-state index in [9.17, 15) is 0 Å². The summed E-state index contributed by atoms with van der Waals surface area (Å²) in [5.74, 6) is 0. The van der Waals surface area contributed by atoms with Gasteiger partial charge in [-0.05, 0) is 33.6 Å². The normalized spacial score (nSPS) is 11.0. The van der Waals surface area contributed by atoms with E-state index in [1.54, 1.807) is 11.3 Å². The molecule has 0 amide bonds. The van der Waals surface area contributed by atoms with Gasteiger partial charge in [0.25, 0.3) is 0 Å². The van der Waals surface area contributed by atoms with Gasteiger partial charge in [-0.15, -0.1) is 24.0 Å². The van der Waals surface area contributed by atoms with Crippen molar-refractivity contribution in [3.05, 3.63) is 28.2 Å². The van der Waals surface area contributed by atoms with Gasteiger partial charge in [0.2, 0.25) is 0 Å². The van der Waals surface area contributed by atoms with Gasteiger partial charge in [0.1, 0.15) is 0 Å². The first-order valence-electron chi connectivity index (χ1n) is 3.73. The summed E-state index contributed by atoms with van der Waals surface area (Å²) in [6.07, 6.45) is 0. The lowest BCUT2D eigenvalue weighted by Crippen LogP contribution is -1.82. The molecule has 4 heteroatoms. The van der Waals surface area contributed by atoms with E-state index in [0.29, 0.717) is 0 Å². The van der Waals surface area contributed by atoms with Crippen molar-refractivity contribution in [2.24, 2.45) is 0 Å². The van der Waals surface area contributed by atoms with Crippen molar-refractivity contribution < 1.29 is 5.11 Å². The predicted octanol–water partition coefficient (Wildman–Crippen LogP) is 3.44. The Balaban J connectivity index is 2.83. The topological polar surface area (TPSA) is 20.2 Å². The van der Waals surface area contributed by atoms with Gasteiger partial charge in [-0.3, -0.25) is 0 Å². The summed E-state index contributed by atoms with van der Waals surface area (Å²) in [5, 5.41) is 10.2. The zero-order valence-electron chi connectivity index (χ0n) is 6.62. The maximum Gasteiger partial charge on any atom is 0.0688 e. The number of benzene rings is 1. The molecule has 0 aliphatic heterocycles. The van der Waals surface area contributed by atoms with Gasteiger partial charge in [-0.1, -0.05) is 6.07 Å². The second kappa shape index (κ2) is 3.61. The van der Waals surface area contributed by atoms with Gasteiger partial charge in [-0.2, -0.15) is 0 Å². The third-order valence-electron chi connectivity index (χ3n) is 1.88. The molecule has 0 unspecified atom stereocenters. The third-order valence-corrected chi connectivity index (χ3v) is 4.18. The van der Waals surface area contributed by atoms with E-state index < -0.39 is 0 Å². The van der Waals surface area contributed by atoms with E-state index in [4.69, 9.17) is 5.11 Å². The molecule has 2 rings (SSSR count). The molecule has 0 aliphatic carbocycles. The molecule has 0 fully saturated rings. The number of halogens is 1. The number of thiophene rings is 1. The number of rotatable bonds is 1. The third kappa shape index (κ3) is 1.64. The molecule has 0 saturated heterocycles. The second-order valence-electron chi connectivity index (χ2n) is 2.69. The highest BCUT2D eigenvalue weighted by molar-refractivity contribution is 9.10. The largest absolute Gasteiger partial charge is 0.392 e. The Morgan fingerprint density at radius 1 is 1.46 bits per heavy atom. The molecule has 0 bridgehead atoms. The first-order valence-corrected chi connectivity index (χ1v) is 5.79. The fourth-order valence-electron chi connectivity index (χ4n) is 1.27. The molecule has 1 N–H and O–H groups in total. The van der Waals surface area contributed by atoms with Crippen LogP contribution in [-0.4, -0.2) is 5.11 Å². The quantitative estimate of drug-likeness (QED) is 0.764. The smallest absolute Gasteiger partial charge is 0.0688 e. The van der Waals surface area contributed by atoms with E-state index in [2.05, 4.69) is 28.6 Å². The van der Waals surface area contributed by atoms with E-state index in [1.807, 2.05) is 18.2 Å². The van der Waals surface area contributed by atoms with Crippen LogP contribution in [0.2, 0.25) is 0 Å². The molecule has 1 aromatic heterocycles. The van der Waals surface area contributed by atoms with E-state index in [1.165, 1.54) is 0 Å². The van der Waals surface area contributed by atoms with Crippen LogP contribution in [0, 0.1) is 0 Å². The Morgan fingerprint density at radius 2 is 2.23 bits per heavy atom. The van der Waals surface area contributed by atoms with Crippen molar-refractivity contribution in [2.75, 3.05) is 0 Å². The molecule has 2 aromatic rings. The number of hydrogen-bond donors (Lipinski definition) is 2. The Kier molecular flexibility index (Phi) is 2.65. The van der Waals surface area contributed by atoms with Crippen molar-refractivity contribution in [1.29, 1.82) is 0 Å². The number of fused-ring (bicyclic) bond motifs is 1. The van der Waals surface area contributed by atoms with Crippen molar-refractivity contribution in [3.63, 3.8) is 0 Å². The van der Waals surface area contributed by atoms with E-state index >= 15 is 0 Å². The highest BCUT2D eigenvalue weighted by atomic mass is 79.9. The lowest BCUT2D eigenvalue weighted by molar-refractivity contribution is 0.283. The average Bonchev–Trinajstić information content (AvgIpc) is 2.48. The molecular formula is C9H7BrOS2. The van der Waals surface area contributed by atoms with Gasteiger partial charge < -0.3 is 5.11 Å². The van der Waals surface area contributed by atoms with Crippen LogP contribution in [0.3, 0.4) is 0 Å². The van der Waals surface area contributed by atoms with Crippen LogP contribution in [-0.2, 0) is 6.61 Å². The first kappa shape index (κ1) is 9.52. The SMILES string of the molecule is OCc1ccc(Br)c2sc(S)cc12. The van der Waals surface area contributed by atoms with E-state index in [-0.39, 0.29) is 6.61 Å². The standard InChI is InChI=1S/C9H7BrOS2/c10-7-2-1-5(4-11)6-3-8(12)13-9(6)7/h1-3,11-12H,4H2. The highest BCUT2D eigenvalue weighted by Crippen LogP contribution is 2.35. The molecule has 13 heavy (non-hydrogen) atoms. The molecule has 68 valence electrons. The number of hydrogen-bond acceptors (Lipinski definition) is 3. The van der Waals surface area contributed by atoms with Gasteiger partial charge >= 0.3 is 0 Å².